The maximum atomic E-state index is 13.2. The number of nitrogens with zero attached hydrogens (tertiary/aromatic N) is 3. The van der Waals surface area contributed by atoms with Gasteiger partial charge in [0.2, 0.25) is 0 Å². The van der Waals surface area contributed by atoms with Crippen molar-refractivity contribution in [2.24, 2.45) is 0 Å². The molecule has 0 aliphatic rings. The summed E-state index contributed by atoms with van der Waals surface area (Å²) in [6.07, 6.45) is 3.68. The standard InChI is InChI=1S/C22H24FN3O/c1-16(2)26(22(27)19-8-10-20(23)11-9-19)15-21-24-12-13-25(21)14-18-6-4-17(3)5-7-18/h4-13,16H,14-15H2,1-3H3. The van der Waals surface area contributed by atoms with E-state index in [2.05, 4.69) is 40.7 Å². The average Bonchev–Trinajstić information content (AvgIpc) is 3.08. The first-order valence-electron chi connectivity index (χ1n) is 9.06. The predicted octanol–water partition coefficient (Wildman–Crippen LogP) is 4.43. The molecule has 0 aliphatic heterocycles. The molecule has 0 spiro atoms. The van der Waals surface area contributed by atoms with Crippen LogP contribution in [0.1, 0.15) is 41.2 Å². The smallest absolute Gasteiger partial charge is 0.254 e. The molecule has 0 fully saturated rings. The van der Waals surface area contributed by atoms with Crippen LogP contribution in [0.5, 0.6) is 0 Å². The summed E-state index contributed by atoms with van der Waals surface area (Å²) in [6, 6.07) is 14.0. The van der Waals surface area contributed by atoms with Crippen molar-refractivity contribution in [2.75, 3.05) is 0 Å². The first-order valence-corrected chi connectivity index (χ1v) is 9.06. The summed E-state index contributed by atoms with van der Waals surface area (Å²) in [5, 5.41) is 0. The second-order valence-corrected chi connectivity index (χ2v) is 6.99. The molecule has 0 N–H and O–H groups in total. The highest BCUT2D eigenvalue weighted by Crippen LogP contribution is 2.15. The van der Waals surface area contributed by atoms with E-state index >= 15 is 0 Å². The van der Waals surface area contributed by atoms with E-state index in [1.807, 2.05) is 20.0 Å². The van der Waals surface area contributed by atoms with E-state index in [-0.39, 0.29) is 17.8 Å². The van der Waals surface area contributed by atoms with Crippen LogP contribution in [0.15, 0.2) is 60.9 Å². The summed E-state index contributed by atoms with van der Waals surface area (Å²) in [5.74, 6) is 0.339. The first kappa shape index (κ1) is 18.8. The van der Waals surface area contributed by atoms with Gasteiger partial charge in [0.1, 0.15) is 11.6 Å². The van der Waals surface area contributed by atoms with Gasteiger partial charge in [-0.3, -0.25) is 4.79 Å². The minimum atomic E-state index is -0.351. The quantitative estimate of drug-likeness (QED) is 0.648. The van der Waals surface area contributed by atoms with E-state index < -0.39 is 0 Å². The molecule has 2 aromatic carbocycles. The van der Waals surface area contributed by atoms with Crippen molar-refractivity contribution in [3.8, 4) is 0 Å². The van der Waals surface area contributed by atoms with Crippen LogP contribution in [0.3, 0.4) is 0 Å². The number of benzene rings is 2. The van der Waals surface area contributed by atoms with Crippen LogP contribution in [-0.4, -0.2) is 26.4 Å². The molecule has 0 saturated carbocycles. The molecule has 0 bridgehead atoms. The van der Waals surface area contributed by atoms with Crippen molar-refractivity contribution in [3.05, 3.63) is 89.3 Å². The maximum Gasteiger partial charge on any atom is 0.254 e. The number of rotatable bonds is 6. The molecule has 3 rings (SSSR count). The van der Waals surface area contributed by atoms with Gasteiger partial charge in [0.05, 0.1) is 6.54 Å². The van der Waals surface area contributed by atoms with Crippen molar-refractivity contribution in [1.29, 1.82) is 0 Å². The van der Waals surface area contributed by atoms with Crippen LogP contribution < -0.4 is 0 Å². The molecular formula is C22H24FN3O. The Morgan fingerprint density at radius 1 is 1.11 bits per heavy atom. The number of halogens is 1. The van der Waals surface area contributed by atoms with E-state index in [1.54, 1.807) is 11.1 Å². The second-order valence-electron chi connectivity index (χ2n) is 6.99. The minimum absolute atomic E-state index is 0.00734. The zero-order valence-corrected chi connectivity index (χ0v) is 15.9. The highest BCUT2D eigenvalue weighted by molar-refractivity contribution is 5.94. The van der Waals surface area contributed by atoms with Crippen molar-refractivity contribution in [3.63, 3.8) is 0 Å². The van der Waals surface area contributed by atoms with E-state index in [0.717, 1.165) is 5.82 Å². The first-order chi connectivity index (χ1) is 12.9. The molecule has 140 valence electrons. The van der Waals surface area contributed by atoms with E-state index in [9.17, 15) is 9.18 Å². The lowest BCUT2D eigenvalue weighted by Gasteiger charge is -2.27. The van der Waals surface area contributed by atoms with Crippen LogP contribution in [0.4, 0.5) is 4.39 Å². The fraction of sp³-hybridized carbons (Fsp3) is 0.273. The molecule has 0 saturated heterocycles. The second kappa shape index (κ2) is 8.16. The van der Waals surface area contributed by atoms with E-state index in [0.29, 0.717) is 18.7 Å². The molecule has 0 aliphatic carbocycles. The van der Waals surface area contributed by atoms with E-state index in [1.165, 1.54) is 35.4 Å². The molecule has 0 atom stereocenters. The summed E-state index contributed by atoms with van der Waals surface area (Å²) < 4.78 is 15.2. The number of aromatic nitrogens is 2. The molecule has 1 heterocycles. The van der Waals surface area contributed by atoms with Gasteiger partial charge in [-0.05, 0) is 50.6 Å². The van der Waals surface area contributed by atoms with Gasteiger partial charge in [0, 0.05) is 30.5 Å². The highest BCUT2D eigenvalue weighted by Gasteiger charge is 2.21. The predicted molar refractivity (Wildman–Crippen MR) is 104 cm³/mol. The van der Waals surface area contributed by atoms with Crippen LogP contribution >= 0.6 is 0 Å². The largest absolute Gasteiger partial charge is 0.329 e. The topological polar surface area (TPSA) is 38.1 Å². The van der Waals surface area contributed by atoms with Gasteiger partial charge in [0.25, 0.3) is 5.91 Å². The SMILES string of the molecule is Cc1ccc(Cn2ccnc2CN(C(=O)c2ccc(F)cc2)C(C)C)cc1. The lowest BCUT2D eigenvalue weighted by Crippen LogP contribution is -2.37. The monoisotopic (exact) mass is 365 g/mol. The van der Waals surface area contributed by atoms with Gasteiger partial charge in [0.15, 0.2) is 0 Å². The van der Waals surface area contributed by atoms with Crippen molar-refractivity contribution < 1.29 is 9.18 Å². The third-order valence-electron chi connectivity index (χ3n) is 4.56. The third-order valence-corrected chi connectivity index (χ3v) is 4.56. The summed E-state index contributed by atoms with van der Waals surface area (Å²) >= 11 is 0. The number of amides is 1. The highest BCUT2D eigenvalue weighted by atomic mass is 19.1. The molecule has 1 amide bonds. The normalized spacial score (nSPS) is 11.0. The lowest BCUT2D eigenvalue weighted by molar-refractivity contribution is 0.0683. The Hall–Kier alpha value is -2.95. The van der Waals surface area contributed by atoms with Gasteiger partial charge in [-0.2, -0.15) is 0 Å². The molecule has 0 unspecified atom stereocenters. The Kier molecular flexibility index (Phi) is 5.69. The lowest BCUT2D eigenvalue weighted by atomic mass is 10.1. The number of aryl methyl sites for hydroxylation is 1. The van der Waals surface area contributed by atoms with Crippen LogP contribution in [-0.2, 0) is 13.1 Å². The number of hydrogen-bond acceptors (Lipinski definition) is 2. The average molecular weight is 365 g/mol. The molecule has 1 aromatic heterocycles. The Balaban J connectivity index is 1.79. The van der Waals surface area contributed by atoms with Crippen LogP contribution in [0, 0.1) is 12.7 Å². The Morgan fingerprint density at radius 3 is 2.41 bits per heavy atom. The van der Waals surface area contributed by atoms with Gasteiger partial charge in [-0.1, -0.05) is 29.8 Å². The van der Waals surface area contributed by atoms with Crippen LogP contribution in [0.2, 0.25) is 0 Å². The van der Waals surface area contributed by atoms with Crippen molar-refractivity contribution >= 4 is 5.91 Å². The summed E-state index contributed by atoms with van der Waals surface area (Å²) in [7, 11) is 0. The molecule has 3 aromatic rings. The fourth-order valence-corrected chi connectivity index (χ4v) is 2.93. The zero-order chi connectivity index (χ0) is 19.4. The molecule has 5 heteroatoms. The van der Waals surface area contributed by atoms with Crippen LogP contribution in [0.25, 0.3) is 0 Å². The molecule has 0 radical (unpaired) electrons. The van der Waals surface area contributed by atoms with Gasteiger partial charge >= 0.3 is 0 Å². The van der Waals surface area contributed by atoms with E-state index in [4.69, 9.17) is 0 Å². The maximum absolute atomic E-state index is 13.2. The fourth-order valence-electron chi connectivity index (χ4n) is 2.93. The number of hydrogen-bond donors (Lipinski definition) is 0. The Morgan fingerprint density at radius 2 is 1.78 bits per heavy atom. The summed E-state index contributed by atoms with van der Waals surface area (Å²) in [5.41, 5.74) is 2.88. The third kappa shape index (κ3) is 4.61. The minimum Gasteiger partial charge on any atom is -0.329 e. The Labute approximate surface area is 159 Å². The molecular weight excluding hydrogens is 341 g/mol. The number of imidazole rings is 1. The molecule has 4 nitrogen and oxygen atoms in total. The zero-order valence-electron chi connectivity index (χ0n) is 15.9. The number of carbonyl (C=O) groups excluding carboxylic acids is 1. The summed E-state index contributed by atoms with van der Waals surface area (Å²) in [4.78, 5) is 19.1. The molecule has 27 heavy (non-hydrogen) atoms. The van der Waals surface area contributed by atoms with Gasteiger partial charge in [-0.25, -0.2) is 9.37 Å². The van der Waals surface area contributed by atoms with Gasteiger partial charge in [-0.15, -0.1) is 0 Å². The number of carbonyl (C=O) groups is 1. The van der Waals surface area contributed by atoms with Crippen molar-refractivity contribution in [2.45, 2.75) is 39.9 Å². The summed E-state index contributed by atoms with van der Waals surface area (Å²) in [6.45, 7) is 7.09. The Bertz CT molecular complexity index is 898. The van der Waals surface area contributed by atoms with Gasteiger partial charge < -0.3 is 9.47 Å². The van der Waals surface area contributed by atoms with Crippen molar-refractivity contribution in [1.82, 2.24) is 14.5 Å².